The molecular weight excluding hydrogens is 252 g/mol. The quantitative estimate of drug-likeness (QED) is 0.895. The van der Waals surface area contributed by atoms with Crippen LogP contribution < -0.4 is 4.74 Å². The van der Waals surface area contributed by atoms with E-state index in [0.717, 1.165) is 43.0 Å². The molecule has 1 saturated carbocycles. The van der Waals surface area contributed by atoms with Gasteiger partial charge in [-0.05, 0) is 45.4 Å². The Morgan fingerprint density at radius 1 is 1.45 bits per heavy atom. The Hall–Kier alpha value is -1.03. The van der Waals surface area contributed by atoms with Crippen LogP contribution in [0.2, 0.25) is 0 Å². The van der Waals surface area contributed by atoms with Gasteiger partial charge < -0.3 is 9.84 Å². The molecule has 0 saturated heterocycles. The molecule has 0 aromatic carbocycles. The summed E-state index contributed by atoms with van der Waals surface area (Å²) >= 11 is 0. The lowest BCUT2D eigenvalue weighted by Crippen LogP contribution is -2.34. The second-order valence-corrected chi connectivity index (χ2v) is 6.36. The van der Waals surface area contributed by atoms with Gasteiger partial charge in [0.2, 0.25) is 0 Å². The monoisotopic (exact) mass is 280 g/mol. The van der Waals surface area contributed by atoms with E-state index >= 15 is 0 Å². The Kier molecular flexibility index (Phi) is 4.74. The Morgan fingerprint density at radius 3 is 2.60 bits per heavy atom. The minimum absolute atomic E-state index is 0.228. The van der Waals surface area contributed by atoms with Crippen molar-refractivity contribution in [3.05, 3.63) is 11.9 Å². The number of hydrogen-bond acceptors (Lipinski definition) is 3. The van der Waals surface area contributed by atoms with E-state index in [1.165, 1.54) is 12.8 Å². The van der Waals surface area contributed by atoms with Crippen LogP contribution in [-0.2, 0) is 5.60 Å². The van der Waals surface area contributed by atoms with Crippen molar-refractivity contribution >= 4 is 0 Å². The van der Waals surface area contributed by atoms with E-state index in [9.17, 15) is 5.11 Å². The van der Waals surface area contributed by atoms with Crippen LogP contribution in [0.3, 0.4) is 0 Å². The number of hydrogen-bond donors (Lipinski definition) is 1. The van der Waals surface area contributed by atoms with Crippen LogP contribution in [0.4, 0.5) is 0 Å². The van der Waals surface area contributed by atoms with E-state index in [-0.39, 0.29) is 6.04 Å². The molecule has 2 rings (SSSR count). The maximum Gasteiger partial charge on any atom is 0.162 e. The van der Waals surface area contributed by atoms with Crippen molar-refractivity contribution in [1.29, 1.82) is 0 Å². The zero-order chi connectivity index (χ0) is 14.8. The molecule has 0 amide bonds. The van der Waals surface area contributed by atoms with E-state index in [0.29, 0.717) is 0 Å². The van der Waals surface area contributed by atoms with Gasteiger partial charge >= 0.3 is 0 Å². The van der Waals surface area contributed by atoms with Crippen molar-refractivity contribution in [2.45, 2.75) is 70.9 Å². The summed E-state index contributed by atoms with van der Waals surface area (Å²) in [6, 6.07) is 0.228. The molecule has 0 spiro atoms. The highest BCUT2D eigenvalue weighted by molar-refractivity contribution is 5.31. The maximum absolute atomic E-state index is 11.1. The predicted molar refractivity (Wildman–Crippen MR) is 79.9 cm³/mol. The van der Waals surface area contributed by atoms with Crippen LogP contribution in [0.25, 0.3) is 0 Å². The van der Waals surface area contributed by atoms with Gasteiger partial charge in [0, 0.05) is 6.04 Å². The average molecular weight is 280 g/mol. The summed E-state index contributed by atoms with van der Waals surface area (Å²) in [5, 5.41) is 15.5. The van der Waals surface area contributed by atoms with E-state index in [2.05, 4.69) is 25.9 Å². The summed E-state index contributed by atoms with van der Waals surface area (Å²) in [5.74, 6) is 1.48. The number of aromatic nitrogens is 2. The second-order valence-electron chi connectivity index (χ2n) is 6.36. The highest BCUT2D eigenvalue weighted by Crippen LogP contribution is 2.44. The third-order valence-corrected chi connectivity index (χ3v) is 4.54. The zero-order valence-electron chi connectivity index (χ0n) is 13.2. The minimum atomic E-state index is -0.781. The standard InChI is InChI=1S/C16H28N2O2/c1-5-6-13-7-9-16(19,10-8-13)15-14(20-4)11-17-18(15)12(2)3/h11-13,19H,5-10H2,1-4H3. The highest BCUT2D eigenvalue weighted by Gasteiger charge is 2.40. The molecule has 0 unspecified atom stereocenters. The highest BCUT2D eigenvalue weighted by atomic mass is 16.5. The molecule has 114 valence electrons. The van der Waals surface area contributed by atoms with Gasteiger partial charge in [0.05, 0.1) is 13.3 Å². The molecule has 0 atom stereocenters. The third-order valence-electron chi connectivity index (χ3n) is 4.54. The molecule has 20 heavy (non-hydrogen) atoms. The molecule has 1 aliphatic rings. The Labute approximate surface area is 122 Å². The van der Waals surface area contributed by atoms with Crippen molar-refractivity contribution in [3.8, 4) is 5.75 Å². The number of ether oxygens (including phenoxy) is 1. The molecule has 0 aliphatic heterocycles. The zero-order valence-corrected chi connectivity index (χ0v) is 13.2. The lowest BCUT2D eigenvalue weighted by Gasteiger charge is -2.37. The van der Waals surface area contributed by atoms with E-state index in [1.54, 1.807) is 13.3 Å². The molecule has 4 nitrogen and oxygen atoms in total. The van der Waals surface area contributed by atoms with Gasteiger partial charge in [-0.1, -0.05) is 19.8 Å². The Morgan fingerprint density at radius 2 is 2.10 bits per heavy atom. The Balaban J connectivity index is 2.24. The fourth-order valence-corrected chi connectivity index (χ4v) is 3.42. The number of rotatable bonds is 5. The van der Waals surface area contributed by atoms with Crippen LogP contribution in [-0.4, -0.2) is 22.0 Å². The van der Waals surface area contributed by atoms with E-state index < -0.39 is 5.60 Å². The first-order chi connectivity index (χ1) is 9.51. The van der Waals surface area contributed by atoms with Crippen molar-refractivity contribution < 1.29 is 9.84 Å². The van der Waals surface area contributed by atoms with Gasteiger partial charge in [0.15, 0.2) is 5.75 Å². The molecule has 0 radical (unpaired) electrons. The smallest absolute Gasteiger partial charge is 0.162 e. The summed E-state index contributed by atoms with van der Waals surface area (Å²) in [7, 11) is 1.65. The first-order valence-electron chi connectivity index (χ1n) is 7.86. The summed E-state index contributed by atoms with van der Waals surface area (Å²) in [4.78, 5) is 0. The van der Waals surface area contributed by atoms with E-state index in [4.69, 9.17) is 4.74 Å². The summed E-state index contributed by atoms with van der Waals surface area (Å²) < 4.78 is 7.34. The summed E-state index contributed by atoms with van der Waals surface area (Å²) in [6.07, 6.45) is 8.05. The third kappa shape index (κ3) is 2.85. The number of nitrogens with zero attached hydrogens (tertiary/aromatic N) is 2. The molecular formula is C16H28N2O2. The van der Waals surface area contributed by atoms with Gasteiger partial charge in [0.1, 0.15) is 11.3 Å². The van der Waals surface area contributed by atoms with Crippen LogP contribution in [0.15, 0.2) is 6.20 Å². The SMILES string of the molecule is CCCC1CCC(O)(c2c(OC)cnn2C(C)C)CC1. The number of aliphatic hydroxyl groups is 1. The fraction of sp³-hybridized carbons (Fsp3) is 0.812. The minimum Gasteiger partial charge on any atom is -0.493 e. The molecule has 1 fully saturated rings. The maximum atomic E-state index is 11.1. The van der Waals surface area contributed by atoms with Crippen molar-refractivity contribution in [3.63, 3.8) is 0 Å². The fourth-order valence-electron chi connectivity index (χ4n) is 3.42. The lowest BCUT2D eigenvalue weighted by atomic mass is 9.75. The summed E-state index contributed by atoms with van der Waals surface area (Å²) in [5.41, 5.74) is 0.0843. The second kappa shape index (κ2) is 6.17. The van der Waals surface area contributed by atoms with Crippen LogP contribution in [0, 0.1) is 5.92 Å². The first-order valence-corrected chi connectivity index (χ1v) is 7.86. The largest absolute Gasteiger partial charge is 0.493 e. The van der Waals surface area contributed by atoms with Gasteiger partial charge in [-0.3, -0.25) is 4.68 Å². The molecule has 1 aliphatic carbocycles. The predicted octanol–water partition coefficient (Wildman–Crippen LogP) is 3.65. The Bertz CT molecular complexity index is 432. The van der Waals surface area contributed by atoms with Gasteiger partial charge in [-0.2, -0.15) is 5.10 Å². The lowest BCUT2D eigenvalue weighted by molar-refractivity contribution is -0.0252. The molecule has 0 bridgehead atoms. The molecule has 4 heteroatoms. The van der Waals surface area contributed by atoms with Crippen LogP contribution in [0.5, 0.6) is 5.75 Å². The van der Waals surface area contributed by atoms with Crippen LogP contribution in [0.1, 0.15) is 71.0 Å². The van der Waals surface area contributed by atoms with Crippen molar-refractivity contribution in [2.24, 2.45) is 5.92 Å². The van der Waals surface area contributed by atoms with Crippen LogP contribution >= 0.6 is 0 Å². The average Bonchev–Trinajstić information content (AvgIpc) is 2.87. The molecule has 1 aromatic heterocycles. The van der Waals surface area contributed by atoms with E-state index in [1.807, 2.05) is 4.68 Å². The first kappa shape index (κ1) is 15.4. The van der Waals surface area contributed by atoms with Crippen molar-refractivity contribution in [2.75, 3.05) is 7.11 Å². The molecule has 1 N–H and O–H groups in total. The summed E-state index contributed by atoms with van der Waals surface area (Å²) in [6.45, 7) is 6.40. The van der Waals surface area contributed by atoms with Gasteiger partial charge in [-0.25, -0.2) is 0 Å². The van der Waals surface area contributed by atoms with Gasteiger partial charge in [0.25, 0.3) is 0 Å². The van der Waals surface area contributed by atoms with Gasteiger partial charge in [-0.15, -0.1) is 0 Å². The van der Waals surface area contributed by atoms with Crippen molar-refractivity contribution in [1.82, 2.24) is 9.78 Å². The molecule has 1 aromatic rings. The normalized spacial score (nSPS) is 27.0. The topological polar surface area (TPSA) is 47.3 Å². The number of methoxy groups -OCH3 is 1. The molecule has 1 heterocycles.